The summed E-state index contributed by atoms with van der Waals surface area (Å²) in [6, 6.07) is 11.1. The smallest absolute Gasteiger partial charge is 0.319 e. The molecule has 0 bridgehead atoms. The van der Waals surface area contributed by atoms with E-state index in [0.29, 0.717) is 25.2 Å². The fourth-order valence-electron chi connectivity index (χ4n) is 4.00. The van der Waals surface area contributed by atoms with Gasteiger partial charge in [-0.1, -0.05) is 18.2 Å². The van der Waals surface area contributed by atoms with Gasteiger partial charge in [0.15, 0.2) is 0 Å². The van der Waals surface area contributed by atoms with Crippen LogP contribution in [-0.4, -0.2) is 47.8 Å². The number of nitrogens with zero attached hydrogens (tertiary/aromatic N) is 3. The topological polar surface area (TPSA) is 48.5 Å². The van der Waals surface area contributed by atoms with Gasteiger partial charge in [0.1, 0.15) is 5.82 Å². The Labute approximate surface area is 171 Å². The number of halogens is 4. The van der Waals surface area contributed by atoms with Gasteiger partial charge in [0.05, 0.1) is 24.5 Å². The average molecular weight is 422 g/mol. The van der Waals surface area contributed by atoms with E-state index in [1.54, 1.807) is 17.2 Å². The molecule has 9 heteroatoms. The first-order chi connectivity index (χ1) is 14.3. The van der Waals surface area contributed by atoms with E-state index in [-0.39, 0.29) is 24.9 Å². The molecule has 2 aliphatic heterocycles. The number of likely N-dealkylation sites (tertiary alicyclic amines) is 1. The van der Waals surface area contributed by atoms with Crippen molar-refractivity contribution in [3.05, 3.63) is 48.2 Å². The zero-order valence-electron chi connectivity index (χ0n) is 16.2. The van der Waals surface area contributed by atoms with Crippen LogP contribution in [0.25, 0.3) is 0 Å². The normalized spacial score (nSPS) is 17.8. The summed E-state index contributed by atoms with van der Waals surface area (Å²) in [7, 11) is 0. The van der Waals surface area contributed by atoms with E-state index in [9.17, 15) is 22.4 Å². The molecule has 5 nitrogen and oxygen atoms in total. The van der Waals surface area contributed by atoms with Crippen LogP contribution in [0.5, 0.6) is 0 Å². The summed E-state index contributed by atoms with van der Waals surface area (Å²) in [5, 5.41) is 3.27. The summed E-state index contributed by atoms with van der Waals surface area (Å²) in [5.74, 6) is -3.80. The first kappa shape index (κ1) is 20.6. The number of pyridine rings is 1. The highest BCUT2D eigenvalue weighted by molar-refractivity contribution is 5.99. The number of fused-ring (bicyclic) bond motifs is 2. The standard InChI is InChI=1S/C21H22F4N4O/c22-20(23)21(24,25)13-28-10-7-14(8-11-28)19(30)29-12-15-4-3-9-26-18(15)27-16-5-1-2-6-17(16)29/h1-6,9,14,20H,7-8,10-13H2,(H,26,27). The first-order valence-electron chi connectivity index (χ1n) is 9.85. The molecule has 0 radical (unpaired) electrons. The summed E-state index contributed by atoms with van der Waals surface area (Å²) in [6.07, 6.45) is -1.31. The minimum absolute atomic E-state index is 0.0961. The number of para-hydroxylation sites is 2. The molecule has 1 fully saturated rings. The highest BCUT2D eigenvalue weighted by atomic mass is 19.3. The molecular formula is C21H22F4N4O. The minimum atomic E-state index is -4.04. The van der Waals surface area contributed by atoms with E-state index in [2.05, 4.69) is 10.3 Å². The van der Waals surface area contributed by atoms with Crippen molar-refractivity contribution in [2.24, 2.45) is 5.92 Å². The zero-order valence-corrected chi connectivity index (χ0v) is 16.2. The number of anilines is 3. The molecule has 0 saturated carbocycles. The van der Waals surface area contributed by atoms with Crippen molar-refractivity contribution in [2.45, 2.75) is 31.7 Å². The van der Waals surface area contributed by atoms with Crippen LogP contribution in [0, 0.1) is 5.92 Å². The number of alkyl halides is 4. The molecule has 2 aromatic rings. The Hall–Kier alpha value is -2.68. The molecule has 160 valence electrons. The molecule has 1 amide bonds. The molecule has 0 spiro atoms. The van der Waals surface area contributed by atoms with Crippen molar-refractivity contribution in [1.82, 2.24) is 9.88 Å². The van der Waals surface area contributed by atoms with Crippen LogP contribution < -0.4 is 10.2 Å². The van der Waals surface area contributed by atoms with E-state index in [4.69, 9.17) is 0 Å². The third-order valence-electron chi connectivity index (χ3n) is 5.62. The molecule has 1 N–H and O–H groups in total. The van der Waals surface area contributed by atoms with Gasteiger partial charge in [-0.2, -0.15) is 8.78 Å². The Morgan fingerprint density at radius 3 is 2.63 bits per heavy atom. The van der Waals surface area contributed by atoms with Crippen molar-refractivity contribution < 1.29 is 22.4 Å². The molecule has 0 aliphatic carbocycles. The second-order valence-corrected chi connectivity index (χ2v) is 7.69. The van der Waals surface area contributed by atoms with Gasteiger partial charge in [-0.15, -0.1) is 0 Å². The minimum Gasteiger partial charge on any atom is -0.338 e. The Balaban J connectivity index is 1.50. The van der Waals surface area contributed by atoms with Gasteiger partial charge < -0.3 is 10.2 Å². The molecule has 0 unspecified atom stereocenters. The Morgan fingerprint density at radius 2 is 1.90 bits per heavy atom. The van der Waals surface area contributed by atoms with Gasteiger partial charge in [0, 0.05) is 17.7 Å². The number of aromatic nitrogens is 1. The molecule has 1 aromatic heterocycles. The summed E-state index contributed by atoms with van der Waals surface area (Å²) in [6.45, 7) is -0.272. The number of benzene rings is 1. The molecule has 0 atom stereocenters. The van der Waals surface area contributed by atoms with Crippen molar-refractivity contribution >= 4 is 23.1 Å². The third-order valence-corrected chi connectivity index (χ3v) is 5.62. The first-order valence-corrected chi connectivity index (χ1v) is 9.85. The van der Waals surface area contributed by atoms with Crippen molar-refractivity contribution in [2.75, 3.05) is 29.9 Å². The van der Waals surface area contributed by atoms with E-state index in [1.807, 2.05) is 30.3 Å². The number of hydrogen-bond donors (Lipinski definition) is 1. The van der Waals surface area contributed by atoms with E-state index in [1.165, 1.54) is 4.90 Å². The Kier molecular flexibility index (Phi) is 5.64. The average Bonchev–Trinajstić information content (AvgIpc) is 2.90. The maximum Gasteiger partial charge on any atom is 0.319 e. The van der Waals surface area contributed by atoms with E-state index < -0.39 is 18.9 Å². The van der Waals surface area contributed by atoms with Crippen LogP contribution >= 0.6 is 0 Å². The number of carbonyl (C=O) groups excluding carboxylic acids is 1. The van der Waals surface area contributed by atoms with Crippen molar-refractivity contribution in [1.29, 1.82) is 0 Å². The second-order valence-electron chi connectivity index (χ2n) is 7.69. The Bertz CT molecular complexity index is 915. The molecule has 3 heterocycles. The van der Waals surface area contributed by atoms with Gasteiger partial charge in [0.25, 0.3) is 0 Å². The number of nitrogens with one attached hydrogen (secondary N) is 1. The second kappa shape index (κ2) is 8.22. The lowest BCUT2D eigenvalue weighted by Crippen LogP contribution is -2.47. The van der Waals surface area contributed by atoms with Crippen molar-refractivity contribution in [3.8, 4) is 0 Å². The SMILES string of the molecule is O=C(C1CCN(CC(F)(F)C(F)F)CC1)N1Cc2cccnc2Nc2ccccc21. The van der Waals surface area contributed by atoms with E-state index in [0.717, 1.165) is 16.9 Å². The number of carbonyl (C=O) groups is 1. The van der Waals surface area contributed by atoms with Gasteiger partial charge >= 0.3 is 12.3 Å². The maximum atomic E-state index is 13.4. The number of amides is 1. The predicted molar refractivity (Wildman–Crippen MR) is 105 cm³/mol. The number of rotatable bonds is 4. The lowest BCUT2D eigenvalue weighted by Gasteiger charge is -2.35. The van der Waals surface area contributed by atoms with Crippen LogP contribution in [-0.2, 0) is 11.3 Å². The monoisotopic (exact) mass is 422 g/mol. The van der Waals surface area contributed by atoms with Crippen LogP contribution in [0.15, 0.2) is 42.6 Å². The molecule has 1 saturated heterocycles. The summed E-state index contributed by atoms with van der Waals surface area (Å²) >= 11 is 0. The lowest BCUT2D eigenvalue weighted by molar-refractivity contribution is -0.145. The highest BCUT2D eigenvalue weighted by Crippen LogP contribution is 2.36. The van der Waals surface area contributed by atoms with Crippen LogP contribution in [0.3, 0.4) is 0 Å². The van der Waals surface area contributed by atoms with Gasteiger partial charge in [-0.3, -0.25) is 9.69 Å². The van der Waals surface area contributed by atoms with Crippen LogP contribution in [0.2, 0.25) is 0 Å². The van der Waals surface area contributed by atoms with Gasteiger partial charge in [-0.25, -0.2) is 13.8 Å². The van der Waals surface area contributed by atoms with Crippen LogP contribution in [0.4, 0.5) is 34.8 Å². The number of hydrogen-bond acceptors (Lipinski definition) is 4. The van der Waals surface area contributed by atoms with Gasteiger partial charge in [0.2, 0.25) is 5.91 Å². The summed E-state index contributed by atoms with van der Waals surface area (Å²) < 4.78 is 51.6. The molecule has 2 aliphatic rings. The van der Waals surface area contributed by atoms with Crippen LogP contribution in [0.1, 0.15) is 18.4 Å². The fraction of sp³-hybridized carbons (Fsp3) is 0.429. The third kappa shape index (κ3) is 4.12. The fourth-order valence-corrected chi connectivity index (χ4v) is 4.00. The summed E-state index contributed by atoms with van der Waals surface area (Å²) in [4.78, 5) is 20.7. The van der Waals surface area contributed by atoms with E-state index >= 15 is 0 Å². The van der Waals surface area contributed by atoms with Crippen molar-refractivity contribution in [3.63, 3.8) is 0 Å². The Morgan fingerprint density at radius 1 is 1.17 bits per heavy atom. The summed E-state index contributed by atoms with van der Waals surface area (Å²) in [5.41, 5.74) is 2.36. The molecule has 30 heavy (non-hydrogen) atoms. The largest absolute Gasteiger partial charge is 0.338 e. The quantitative estimate of drug-likeness (QED) is 0.748. The van der Waals surface area contributed by atoms with Gasteiger partial charge in [-0.05, 0) is 44.1 Å². The molecule has 1 aromatic carbocycles. The number of piperidine rings is 1. The maximum absolute atomic E-state index is 13.4. The zero-order chi connectivity index (χ0) is 21.3. The molecular weight excluding hydrogens is 400 g/mol. The molecule has 4 rings (SSSR count). The predicted octanol–water partition coefficient (Wildman–Crippen LogP) is 4.28. The lowest BCUT2D eigenvalue weighted by atomic mass is 9.94. The highest BCUT2D eigenvalue weighted by Gasteiger charge is 2.43.